The number of nitrogens with two attached hydrogens (primary N) is 1. The minimum absolute atomic E-state index is 0.0416. The van der Waals surface area contributed by atoms with Crippen LogP contribution < -0.4 is 11.1 Å². The Morgan fingerprint density at radius 3 is 3.04 bits per heavy atom. The van der Waals surface area contributed by atoms with Crippen LogP contribution in [0.25, 0.3) is 0 Å². The number of pyridine rings is 1. The largest absolute Gasteiger partial charge is 0.383 e. The summed E-state index contributed by atoms with van der Waals surface area (Å²) >= 11 is 0. The molecular weight excluding hydrogens is 336 g/mol. The van der Waals surface area contributed by atoms with Gasteiger partial charge in [-0.2, -0.15) is 0 Å². The van der Waals surface area contributed by atoms with Crippen molar-refractivity contribution < 1.29 is 19.1 Å². The second-order valence-corrected chi connectivity index (χ2v) is 6.68. The van der Waals surface area contributed by atoms with Crippen molar-refractivity contribution in [2.24, 2.45) is 0 Å². The van der Waals surface area contributed by atoms with Gasteiger partial charge < -0.3 is 25.4 Å². The third kappa shape index (κ3) is 4.31. The summed E-state index contributed by atoms with van der Waals surface area (Å²) in [5.74, 6) is -0.125. The van der Waals surface area contributed by atoms with Crippen molar-refractivity contribution in [3.05, 3.63) is 22.9 Å². The fraction of sp³-hybridized carbons (Fsp3) is 0.611. The van der Waals surface area contributed by atoms with Gasteiger partial charge in [-0.3, -0.25) is 9.59 Å². The van der Waals surface area contributed by atoms with E-state index in [1.807, 2.05) is 0 Å². The minimum atomic E-state index is -0.280. The number of nitrogens with one attached hydrogen (secondary N) is 1. The van der Waals surface area contributed by atoms with Gasteiger partial charge in [0.25, 0.3) is 5.91 Å². The molecule has 0 bridgehead atoms. The number of carbonyl (C=O) groups excluding carboxylic acids is 2. The van der Waals surface area contributed by atoms with E-state index in [2.05, 4.69) is 10.3 Å². The first-order valence-electron chi connectivity index (χ1n) is 9.06. The lowest BCUT2D eigenvalue weighted by Crippen LogP contribution is -2.39. The topological polar surface area (TPSA) is 107 Å². The summed E-state index contributed by atoms with van der Waals surface area (Å²) < 4.78 is 11.2. The molecule has 2 aliphatic heterocycles. The van der Waals surface area contributed by atoms with Crippen molar-refractivity contribution >= 4 is 17.6 Å². The lowest BCUT2D eigenvalue weighted by atomic mass is 10.0. The number of hydrogen-bond acceptors (Lipinski definition) is 6. The van der Waals surface area contributed by atoms with Gasteiger partial charge in [0.2, 0.25) is 5.91 Å². The van der Waals surface area contributed by atoms with Crippen molar-refractivity contribution in [3.8, 4) is 0 Å². The number of fused-ring (bicyclic) bond motifs is 1. The molecule has 0 radical (unpaired) electrons. The van der Waals surface area contributed by atoms with E-state index in [9.17, 15) is 9.59 Å². The summed E-state index contributed by atoms with van der Waals surface area (Å²) in [6.07, 6.45) is 3.94. The molecule has 0 spiro atoms. The number of nitrogen functional groups attached to an aromatic ring is 1. The smallest absolute Gasteiger partial charge is 0.254 e. The van der Waals surface area contributed by atoms with Crippen LogP contribution >= 0.6 is 0 Å². The maximum absolute atomic E-state index is 12.4. The Morgan fingerprint density at radius 2 is 2.31 bits per heavy atom. The van der Waals surface area contributed by atoms with Crippen LogP contribution in [0, 0.1) is 0 Å². The Kier molecular flexibility index (Phi) is 6.05. The molecular formula is C18H26N4O4. The highest BCUT2D eigenvalue weighted by molar-refractivity contribution is 5.98. The van der Waals surface area contributed by atoms with Gasteiger partial charge in [0.15, 0.2) is 0 Å². The molecule has 1 atom stereocenters. The number of hydrogen-bond donors (Lipinski definition) is 2. The number of rotatable bonds is 5. The van der Waals surface area contributed by atoms with Gasteiger partial charge in [-0.1, -0.05) is 0 Å². The highest BCUT2D eigenvalue weighted by atomic mass is 16.5. The zero-order chi connectivity index (χ0) is 18.5. The van der Waals surface area contributed by atoms with Gasteiger partial charge in [-0.25, -0.2) is 4.98 Å². The molecule has 8 heteroatoms. The Morgan fingerprint density at radius 1 is 1.46 bits per heavy atom. The number of carbonyl (C=O) groups is 2. The molecule has 1 fully saturated rings. The van der Waals surface area contributed by atoms with Crippen LogP contribution in [0.15, 0.2) is 6.07 Å². The standard InChI is InChI=1S/C18H26N4O4/c1-20-18(24)14-8-12-9-22(6-5-15(12)21-17(14)19)16(23)11-25-10-13-4-2-3-7-26-13/h8,13H,2-7,9-11H2,1H3,(H2,19,21)(H,20,24). The van der Waals surface area contributed by atoms with E-state index in [1.54, 1.807) is 18.0 Å². The van der Waals surface area contributed by atoms with Crippen molar-refractivity contribution in [2.75, 3.05) is 39.1 Å². The van der Waals surface area contributed by atoms with E-state index in [1.165, 1.54) is 0 Å². The van der Waals surface area contributed by atoms with Gasteiger partial charge in [0.05, 0.1) is 18.3 Å². The highest BCUT2D eigenvalue weighted by Crippen LogP contribution is 2.22. The summed E-state index contributed by atoms with van der Waals surface area (Å²) in [7, 11) is 1.55. The van der Waals surface area contributed by atoms with Gasteiger partial charge in [0.1, 0.15) is 12.4 Å². The zero-order valence-corrected chi connectivity index (χ0v) is 15.1. The molecule has 142 valence electrons. The van der Waals surface area contributed by atoms with E-state index >= 15 is 0 Å². The number of nitrogens with zero attached hydrogens (tertiary/aromatic N) is 2. The van der Waals surface area contributed by atoms with Crippen molar-refractivity contribution in [3.63, 3.8) is 0 Å². The molecule has 8 nitrogen and oxygen atoms in total. The van der Waals surface area contributed by atoms with E-state index < -0.39 is 0 Å². The molecule has 0 aliphatic carbocycles. The SMILES string of the molecule is CNC(=O)c1cc2c(nc1N)CCN(C(=O)COCC1CCCCO1)C2. The third-order valence-corrected chi connectivity index (χ3v) is 4.83. The Bertz CT molecular complexity index is 673. The maximum atomic E-state index is 12.4. The molecule has 26 heavy (non-hydrogen) atoms. The molecule has 1 saturated heterocycles. The fourth-order valence-electron chi connectivity index (χ4n) is 3.33. The second-order valence-electron chi connectivity index (χ2n) is 6.68. The van der Waals surface area contributed by atoms with Gasteiger partial charge in [-0.15, -0.1) is 0 Å². The normalized spacial score (nSPS) is 19.7. The van der Waals surface area contributed by atoms with Crippen LogP contribution in [-0.4, -0.2) is 61.2 Å². The lowest BCUT2D eigenvalue weighted by Gasteiger charge is -2.29. The zero-order valence-electron chi connectivity index (χ0n) is 15.1. The minimum Gasteiger partial charge on any atom is -0.383 e. The van der Waals surface area contributed by atoms with Gasteiger partial charge in [0, 0.05) is 38.9 Å². The highest BCUT2D eigenvalue weighted by Gasteiger charge is 2.24. The number of aromatic nitrogens is 1. The summed E-state index contributed by atoms with van der Waals surface area (Å²) in [5.41, 5.74) is 7.90. The molecule has 0 saturated carbocycles. The van der Waals surface area contributed by atoms with Crippen molar-refractivity contribution in [2.45, 2.75) is 38.3 Å². The van der Waals surface area contributed by atoms with Crippen molar-refractivity contribution in [1.29, 1.82) is 0 Å². The van der Waals surface area contributed by atoms with Crippen LogP contribution in [0.5, 0.6) is 0 Å². The lowest BCUT2D eigenvalue weighted by molar-refractivity contribution is -0.139. The van der Waals surface area contributed by atoms with Crippen molar-refractivity contribution in [1.82, 2.24) is 15.2 Å². The van der Waals surface area contributed by atoms with Gasteiger partial charge >= 0.3 is 0 Å². The first-order valence-corrected chi connectivity index (χ1v) is 9.06. The predicted molar refractivity (Wildman–Crippen MR) is 95.6 cm³/mol. The first kappa shape index (κ1) is 18.6. The van der Waals surface area contributed by atoms with Gasteiger partial charge in [-0.05, 0) is 30.9 Å². The molecule has 3 heterocycles. The average molecular weight is 362 g/mol. The predicted octanol–water partition coefficient (Wildman–Crippen LogP) is 0.494. The molecule has 0 aromatic carbocycles. The summed E-state index contributed by atoms with van der Waals surface area (Å²) in [4.78, 5) is 30.4. The average Bonchev–Trinajstić information content (AvgIpc) is 2.67. The molecule has 1 unspecified atom stereocenters. The Balaban J connectivity index is 1.56. The van der Waals surface area contributed by atoms with E-state index in [-0.39, 0.29) is 30.3 Å². The van der Waals surface area contributed by atoms with Crippen LogP contribution in [-0.2, 0) is 27.2 Å². The van der Waals surface area contributed by atoms with Crippen LogP contribution in [0.1, 0.15) is 40.9 Å². The summed E-state index contributed by atoms with van der Waals surface area (Å²) in [6.45, 7) is 2.25. The molecule has 2 amide bonds. The fourth-order valence-corrected chi connectivity index (χ4v) is 3.33. The Hall–Kier alpha value is -2.19. The number of amides is 2. The molecule has 3 rings (SSSR count). The van der Waals surface area contributed by atoms with E-state index in [0.717, 1.165) is 37.1 Å². The first-order chi connectivity index (χ1) is 12.6. The molecule has 3 N–H and O–H groups in total. The van der Waals surface area contributed by atoms with Crippen LogP contribution in [0.3, 0.4) is 0 Å². The third-order valence-electron chi connectivity index (χ3n) is 4.83. The second kappa shape index (κ2) is 8.46. The Labute approximate surface area is 153 Å². The number of ether oxygens (including phenoxy) is 2. The number of anilines is 1. The molecule has 1 aromatic rings. The molecule has 2 aliphatic rings. The maximum Gasteiger partial charge on any atom is 0.254 e. The van der Waals surface area contributed by atoms with Crippen LogP contribution in [0.2, 0.25) is 0 Å². The quantitative estimate of drug-likeness (QED) is 0.790. The van der Waals surface area contributed by atoms with E-state index in [0.29, 0.717) is 31.7 Å². The summed E-state index contributed by atoms with van der Waals surface area (Å²) in [6, 6.07) is 1.73. The summed E-state index contributed by atoms with van der Waals surface area (Å²) in [5, 5.41) is 2.55. The van der Waals surface area contributed by atoms with E-state index in [4.69, 9.17) is 15.2 Å². The van der Waals surface area contributed by atoms with Crippen LogP contribution in [0.4, 0.5) is 5.82 Å². The molecule has 1 aromatic heterocycles. The monoisotopic (exact) mass is 362 g/mol.